The maximum absolute atomic E-state index is 12.9. The Morgan fingerprint density at radius 1 is 1.32 bits per heavy atom. The van der Waals surface area contributed by atoms with Gasteiger partial charge in [0.15, 0.2) is 9.84 Å². The van der Waals surface area contributed by atoms with Gasteiger partial charge in [-0.15, -0.1) is 0 Å². The van der Waals surface area contributed by atoms with Crippen molar-refractivity contribution >= 4 is 9.84 Å². The first-order valence-electron chi connectivity index (χ1n) is 5.92. The number of hydrogen-bond donors (Lipinski definition) is 1. The van der Waals surface area contributed by atoms with E-state index in [-0.39, 0.29) is 19.0 Å². The van der Waals surface area contributed by atoms with Crippen molar-refractivity contribution in [3.05, 3.63) is 29.6 Å². The molecule has 0 aromatic heterocycles. The zero-order chi connectivity index (χ0) is 14.7. The monoisotopic (exact) mass is 290 g/mol. The van der Waals surface area contributed by atoms with Crippen LogP contribution in [0.25, 0.3) is 0 Å². The van der Waals surface area contributed by atoms with Crippen LogP contribution < -0.4 is 4.74 Å². The van der Waals surface area contributed by atoms with Crippen molar-refractivity contribution in [1.29, 1.82) is 0 Å². The van der Waals surface area contributed by atoms with Crippen molar-refractivity contribution in [3.8, 4) is 5.75 Å². The van der Waals surface area contributed by atoms with Gasteiger partial charge in [0, 0.05) is 5.56 Å². The molecular weight excluding hydrogens is 271 g/mol. The summed E-state index contributed by atoms with van der Waals surface area (Å²) in [6, 6.07) is 3.74. The van der Waals surface area contributed by atoms with Gasteiger partial charge in [0.05, 0.1) is 17.1 Å². The Kier molecular flexibility index (Phi) is 4.92. The first-order valence-corrected chi connectivity index (χ1v) is 7.57. The van der Waals surface area contributed by atoms with Gasteiger partial charge in [-0.3, -0.25) is 0 Å². The van der Waals surface area contributed by atoms with E-state index in [1.165, 1.54) is 12.1 Å². The van der Waals surface area contributed by atoms with Gasteiger partial charge in [-0.05, 0) is 39.0 Å². The fourth-order valence-electron chi connectivity index (χ4n) is 1.38. The molecule has 0 unspecified atom stereocenters. The van der Waals surface area contributed by atoms with Crippen LogP contribution in [0.3, 0.4) is 0 Å². The molecule has 0 saturated carbocycles. The van der Waals surface area contributed by atoms with E-state index >= 15 is 0 Å². The van der Waals surface area contributed by atoms with Crippen LogP contribution in [-0.4, -0.2) is 30.6 Å². The van der Waals surface area contributed by atoms with Gasteiger partial charge in [0.25, 0.3) is 0 Å². The van der Waals surface area contributed by atoms with Gasteiger partial charge in [-0.25, -0.2) is 12.8 Å². The van der Waals surface area contributed by atoms with E-state index in [0.717, 1.165) is 6.07 Å². The molecule has 1 aromatic rings. The van der Waals surface area contributed by atoms with Crippen molar-refractivity contribution in [3.63, 3.8) is 0 Å². The number of aliphatic hydroxyl groups is 1. The number of aliphatic hydroxyl groups excluding tert-OH is 1. The maximum atomic E-state index is 12.9. The highest BCUT2D eigenvalue weighted by Gasteiger charge is 2.28. The highest BCUT2D eigenvalue weighted by Crippen LogP contribution is 2.21. The van der Waals surface area contributed by atoms with Crippen LogP contribution >= 0.6 is 0 Å². The Labute approximate surface area is 113 Å². The van der Waals surface area contributed by atoms with Gasteiger partial charge in [0.2, 0.25) is 0 Å². The minimum atomic E-state index is -3.26. The molecule has 0 atom stereocenters. The molecule has 1 rings (SSSR count). The van der Waals surface area contributed by atoms with Crippen LogP contribution in [-0.2, 0) is 16.4 Å². The Balaban J connectivity index is 2.69. The lowest BCUT2D eigenvalue weighted by Crippen LogP contribution is -2.32. The third-order valence-corrected chi connectivity index (χ3v) is 5.31. The van der Waals surface area contributed by atoms with Crippen LogP contribution in [0.4, 0.5) is 4.39 Å². The van der Waals surface area contributed by atoms with Crippen molar-refractivity contribution < 1.29 is 22.7 Å². The molecular formula is C13H19FO4S. The van der Waals surface area contributed by atoms with Gasteiger partial charge in [0.1, 0.15) is 18.2 Å². The Morgan fingerprint density at radius 2 is 1.95 bits per heavy atom. The average molecular weight is 290 g/mol. The highest BCUT2D eigenvalue weighted by atomic mass is 32.2. The largest absolute Gasteiger partial charge is 0.492 e. The summed E-state index contributed by atoms with van der Waals surface area (Å²) in [6.07, 6.45) is 0. The fourth-order valence-corrected chi connectivity index (χ4v) is 2.30. The van der Waals surface area contributed by atoms with E-state index in [2.05, 4.69) is 0 Å². The molecule has 0 radical (unpaired) electrons. The summed E-state index contributed by atoms with van der Waals surface area (Å²) in [4.78, 5) is 0. The van der Waals surface area contributed by atoms with Crippen molar-refractivity contribution in [2.75, 3.05) is 12.4 Å². The first kappa shape index (κ1) is 15.9. The SMILES string of the molecule is CC(C)(C)S(=O)(=O)CCOc1ccc(F)cc1CO. The molecule has 0 bridgehead atoms. The van der Waals surface area contributed by atoms with Crippen LogP contribution in [0, 0.1) is 5.82 Å². The second kappa shape index (κ2) is 5.88. The summed E-state index contributed by atoms with van der Waals surface area (Å²) in [5, 5.41) is 9.07. The Hall–Kier alpha value is -1.14. The summed E-state index contributed by atoms with van der Waals surface area (Å²) >= 11 is 0. The molecule has 0 fully saturated rings. The normalized spacial score (nSPS) is 12.5. The van der Waals surface area contributed by atoms with E-state index in [0.29, 0.717) is 11.3 Å². The van der Waals surface area contributed by atoms with Gasteiger partial charge in [-0.2, -0.15) is 0 Å². The summed E-state index contributed by atoms with van der Waals surface area (Å²) in [7, 11) is -3.26. The second-order valence-electron chi connectivity index (χ2n) is 5.19. The standard InChI is InChI=1S/C13H19FO4S/c1-13(2,3)19(16,17)7-6-18-12-5-4-11(14)8-10(12)9-15/h4-5,8,15H,6-7,9H2,1-3H3. The molecule has 0 aliphatic rings. The number of rotatable bonds is 5. The van der Waals surface area contributed by atoms with E-state index in [9.17, 15) is 12.8 Å². The lowest BCUT2D eigenvalue weighted by molar-refractivity contribution is 0.266. The fraction of sp³-hybridized carbons (Fsp3) is 0.538. The molecule has 0 saturated heterocycles. The number of sulfone groups is 1. The quantitative estimate of drug-likeness (QED) is 0.899. The molecule has 0 amide bonds. The third-order valence-electron chi connectivity index (χ3n) is 2.74. The van der Waals surface area contributed by atoms with Gasteiger partial charge < -0.3 is 9.84 Å². The summed E-state index contributed by atoms with van der Waals surface area (Å²) in [6.45, 7) is 4.48. The van der Waals surface area contributed by atoms with E-state index in [1.54, 1.807) is 20.8 Å². The summed E-state index contributed by atoms with van der Waals surface area (Å²) in [5.41, 5.74) is 0.299. The zero-order valence-corrected chi connectivity index (χ0v) is 12.1. The van der Waals surface area contributed by atoms with Crippen LogP contribution in [0.1, 0.15) is 26.3 Å². The molecule has 108 valence electrons. The molecule has 4 nitrogen and oxygen atoms in total. The first-order chi connectivity index (χ1) is 8.67. The molecule has 0 heterocycles. The summed E-state index contributed by atoms with van der Waals surface area (Å²) < 4.78 is 41.1. The smallest absolute Gasteiger partial charge is 0.158 e. The number of halogens is 1. The van der Waals surface area contributed by atoms with E-state index < -0.39 is 20.4 Å². The second-order valence-corrected chi connectivity index (χ2v) is 8.05. The lowest BCUT2D eigenvalue weighted by Gasteiger charge is -2.19. The van der Waals surface area contributed by atoms with Crippen LogP contribution in [0.15, 0.2) is 18.2 Å². The molecule has 1 aromatic carbocycles. The molecule has 19 heavy (non-hydrogen) atoms. The number of benzene rings is 1. The van der Waals surface area contributed by atoms with Crippen molar-refractivity contribution in [2.24, 2.45) is 0 Å². The van der Waals surface area contributed by atoms with Crippen LogP contribution in [0.5, 0.6) is 5.75 Å². The molecule has 0 aliphatic heterocycles. The maximum Gasteiger partial charge on any atom is 0.158 e. The minimum Gasteiger partial charge on any atom is -0.492 e. The van der Waals surface area contributed by atoms with Gasteiger partial charge >= 0.3 is 0 Å². The topological polar surface area (TPSA) is 63.6 Å². The zero-order valence-electron chi connectivity index (χ0n) is 11.3. The number of hydrogen-bond acceptors (Lipinski definition) is 4. The average Bonchev–Trinajstić information content (AvgIpc) is 2.29. The van der Waals surface area contributed by atoms with Crippen LogP contribution in [0.2, 0.25) is 0 Å². The third kappa shape index (κ3) is 4.18. The van der Waals surface area contributed by atoms with Crippen molar-refractivity contribution in [1.82, 2.24) is 0 Å². The van der Waals surface area contributed by atoms with Crippen molar-refractivity contribution in [2.45, 2.75) is 32.1 Å². The predicted molar refractivity (Wildman–Crippen MR) is 71.4 cm³/mol. The molecule has 1 N–H and O–H groups in total. The summed E-state index contributed by atoms with van der Waals surface area (Å²) in [5.74, 6) is -0.301. The molecule has 6 heteroatoms. The minimum absolute atomic E-state index is 0.0295. The van der Waals surface area contributed by atoms with Gasteiger partial charge in [-0.1, -0.05) is 0 Å². The molecule has 0 spiro atoms. The van der Waals surface area contributed by atoms with E-state index in [4.69, 9.17) is 9.84 Å². The molecule has 0 aliphatic carbocycles. The Bertz CT molecular complexity index is 532. The number of ether oxygens (including phenoxy) is 1. The highest BCUT2D eigenvalue weighted by molar-refractivity contribution is 7.92. The van der Waals surface area contributed by atoms with E-state index in [1.807, 2.05) is 0 Å². The lowest BCUT2D eigenvalue weighted by atomic mass is 10.2. The Morgan fingerprint density at radius 3 is 2.47 bits per heavy atom. The predicted octanol–water partition coefficient (Wildman–Crippen LogP) is 1.91.